The van der Waals surface area contributed by atoms with E-state index in [-0.39, 0.29) is 17.1 Å². The number of ether oxygens (including phenoxy) is 2. The van der Waals surface area contributed by atoms with Gasteiger partial charge in [-0.15, -0.1) is 0 Å². The molecule has 1 heterocycles. The summed E-state index contributed by atoms with van der Waals surface area (Å²) in [6, 6.07) is 12.2. The van der Waals surface area contributed by atoms with Crippen molar-refractivity contribution in [3.05, 3.63) is 58.1 Å². The highest BCUT2D eigenvalue weighted by molar-refractivity contribution is 9.10. The Kier molecular flexibility index (Phi) is 8.00. The number of hydrogen-bond donors (Lipinski definition) is 2. The number of hydrogen-bond acceptors (Lipinski definition) is 5. The number of nitrogens with zero attached hydrogens (tertiary/aromatic N) is 1. The summed E-state index contributed by atoms with van der Waals surface area (Å²) in [4.78, 5) is 27.2. The van der Waals surface area contributed by atoms with Crippen molar-refractivity contribution in [1.29, 1.82) is 0 Å². The fourth-order valence-corrected chi connectivity index (χ4v) is 3.62. The SMILES string of the molecule is CC(C)Oc1ccc(Br)cc1C(=O)NC(=S)Nc1cccc(C(=O)N2CCOCC2)c1. The fourth-order valence-electron chi connectivity index (χ4n) is 3.05. The van der Waals surface area contributed by atoms with Crippen LogP contribution in [0.4, 0.5) is 5.69 Å². The third-order valence-electron chi connectivity index (χ3n) is 4.44. The summed E-state index contributed by atoms with van der Waals surface area (Å²) in [6.45, 7) is 5.99. The first-order chi connectivity index (χ1) is 14.8. The van der Waals surface area contributed by atoms with Crippen LogP contribution in [0.5, 0.6) is 5.75 Å². The average molecular weight is 506 g/mol. The van der Waals surface area contributed by atoms with Gasteiger partial charge in [-0.05, 0) is 62.5 Å². The van der Waals surface area contributed by atoms with E-state index in [4.69, 9.17) is 21.7 Å². The molecule has 1 fully saturated rings. The Balaban J connectivity index is 1.67. The Hall–Kier alpha value is -2.49. The second-order valence-electron chi connectivity index (χ2n) is 7.20. The topological polar surface area (TPSA) is 79.9 Å². The summed E-state index contributed by atoms with van der Waals surface area (Å²) in [5.74, 6) is 0.0121. The molecule has 1 aliphatic rings. The third kappa shape index (κ3) is 6.49. The highest BCUT2D eigenvalue weighted by atomic mass is 79.9. The van der Waals surface area contributed by atoms with E-state index < -0.39 is 5.91 Å². The predicted molar refractivity (Wildman–Crippen MR) is 127 cm³/mol. The van der Waals surface area contributed by atoms with Crippen LogP contribution in [0.3, 0.4) is 0 Å². The van der Waals surface area contributed by atoms with Crippen molar-refractivity contribution < 1.29 is 19.1 Å². The lowest BCUT2D eigenvalue weighted by Crippen LogP contribution is -2.40. The summed E-state index contributed by atoms with van der Waals surface area (Å²) in [7, 11) is 0. The largest absolute Gasteiger partial charge is 0.490 e. The summed E-state index contributed by atoms with van der Waals surface area (Å²) >= 11 is 8.68. The van der Waals surface area contributed by atoms with Crippen LogP contribution in [-0.4, -0.2) is 54.2 Å². The molecule has 0 aromatic heterocycles. The number of anilines is 1. The maximum Gasteiger partial charge on any atom is 0.261 e. The zero-order valence-electron chi connectivity index (χ0n) is 17.3. The molecular weight excluding hydrogens is 482 g/mol. The van der Waals surface area contributed by atoms with Crippen LogP contribution in [-0.2, 0) is 4.74 Å². The average Bonchev–Trinajstić information content (AvgIpc) is 2.74. The van der Waals surface area contributed by atoms with Gasteiger partial charge < -0.3 is 19.7 Å². The van der Waals surface area contributed by atoms with Crippen LogP contribution in [0.25, 0.3) is 0 Å². The molecule has 1 saturated heterocycles. The number of carbonyl (C=O) groups is 2. The molecule has 0 bridgehead atoms. The molecule has 0 saturated carbocycles. The summed E-state index contributed by atoms with van der Waals surface area (Å²) in [5, 5.41) is 5.76. The molecule has 0 unspecified atom stereocenters. The van der Waals surface area contributed by atoms with E-state index in [1.54, 1.807) is 41.3 Å². The Morgan fingerprint density at radius 1 is 1.16 bits per heavy atom. The van der Waals surface area contributed by atoms with Gasteiger partial charge in [0.2, 0.25) is 0 Å². The van der Waals surface area contributed by atoms with Gasteiger partial charge >= 0.3 is 0 Å². The number of halogens is 1. The number of benzene rings is 2. The molecule has 0 atom stereocenters. The van der Waals surface area contributed by atoms with Crippen LogP contribution in [0.2, 0.25) is 0 Å². The minimum Gasteiger partial charge on any atom is -0.490 e. The van der Waals surface area contributed by atoms with Crippen molar-refractivity contribution in [2.45, 2.75) is 20.0 Å². The molecule has 0 radical (unpaired) electrons. The van der Waals surface area contributed by atoms with Crippen LogP contribution in [0.1, 0.15) is 34.6 Å². The lowest BCUT2D eigenvalue weighted by molar-refractivity contribution is 0.0303. The summed E-state index contributed by atoms with van der Waals surface area (Å²) < 4.78 is 11.8. The number of rotatable bonds is 5. The highest BCUT2D eigenvalue weighted by Gasteiger charge is 2.19. The summed E-state index contributed by atoms with van der Waals surface area (Å²) in [6.07, 6.45) is -0.0791. The van der Waals surface area contributed by atoms with E-state index >= 15 is 0 Å². The van der Waals surface area contributed by atoms with Crippen molar-refractivity contribution in [2.24, 2.45) is 0 Å². The molecule has 7 nitrogen and oxygen atoms in total. The molecule has 2 aromatic rings. The van der Waals surface area contributed by atoms with Gasteiger partial charge in [-0.25, -0.2) is 0 Å². The number of amides is 2. The predicted octanol–water partition coefficient (Wildman–Crippen LogP) is 3.84. The first-order valence-corrected chi connectivity index (χ1v) is 11.1. The molecule has 0 spiro atoms. The Morgan fingerprint density at radius 3 is 2.61 bits per heavy atom. The first-order valence-electron chi connectivity index (χ1n) is 9.89. The van der Waals surface area contributed by atoms with Crippen molar-refractivity contribution in [2.75, 3.05) is 31.6 Å². The van der Waals surface area contributed by atoms with Gasteiger partial charge in [-0.2, -0.15) is 0 Å². The lowest BCUT2D eigenvalue weighted by atomic mass is 10.1. The smallest absolute Gasteiger partial charge is 0.261 e. The minimum absolute atomic E-state index is 0.0634. The standard InChI is InChI=1S/C22H24BrN3O4S/c1-14(2)30-19-7-6-16(23)13-18(19)20(27)25-22(31)24-17-5-3-4-15(12-17)21(28)26-8-10-29-11-9-26/h3-7,12-14H,8-11H2,1-2H3,(H2,24,25,27,31). The first kappa shape index (κ1) is 23.2. The molecule has 31 heavy (non-hydrogen) atoms. The van der Waals surface area contributed by atoms with E-state index in [0.717, 1.165) is 4.47 Å². The maximum absolute atomic E-state index is 12.8. The number of morpholine rings is 1. The maximum atomic E-state index is 12.8. The van der Waals surface area contributed by atoms with E-state index in [0.29, 0.717) is 48.9 Å². The normalized spacial score (nSPS) is 13.6. The zero-order valence-corrected chi connectivity index (χ0v) is 19.7. The second kappa shape index (κ2) is 10.7. The van der Waals surface area contributed by atoms with Gasteiger partial charge in [0, 0.05) is 28.8 Å². The molecule has 2 aromatic carbocycles. The van der Waals surface area contributed by atoms with Gasteiger partial charge in [0.1, 0.15) is 5.75 Å². The van der Waals surface area contributed by atoms with Crippen molar-refractivity contribution in [3.63, 3.8) is 0 Å². The molecule has 2 N–H and O–H groups in total. The van der Waals surface area contributed by atoms with Gasteiger partial charge in [-0.3, -0.25) is 14.9 Å². The van der Waals surface area contributed by atoms with E-state index in [2.05, 4.69) is 26.6 Å². The molecule has 3 rings (SSSR count). The van der Waals surface area contributed by atoms with Gasteiger partial charge in [0.25, 0.3) is 11.8 Å². The van der Waals surface area contributed by atoms with E-state index in [1.165, 1.54) is 0 Å². The number of carbonyl (C=O) groups excluding carboxylic acids is 2. The Labute approximate surface area is 195 Å². The van der Waals surface area contributed by atoms with E-state index in [9.17, 15) is 9.59 Å². The molecule has 9 heteroatoms. The molecular formula is C22H24BrN3O4S. The van der Waals surface area contributed by atoms with Crippen LogP contribution in [0.15, 0.2) is 46.9 Å². The van der Waals surface area contributed by atoms with Crippen molar-refractivity contribution in [1.82, 2.24) is 10.2 Å². The third-order valence-corrected chi connectivity index (χ3v) is 5.14. The molecule has 1 aliphatic heterocycles. The van der Waals surface area contributed by atoms with Crippen LogP contribution in [0, 0.1) is 0 Å². The Morgan fingerprint density at radius 2 is 1.90 bits per heavy atom. The van der Waals surface area contributed by atoms with Crippen LogP contribution >= 0.6 is 28.1 Å². The lowest BCUT2D eigenvalue weighted by Gasteiger charge is -2.27. The van der Waals surface area contributed by atoms with Crippen molar-refractivity contribution in [3.8, 4) is 5.75 Å². The fraction of sp³-hybridized carbons (Fsp3) is 0.318. The molecule has 164 valence electrons. The van der Waals surface area contributed by atoms with Gasteiger partial charge in [-0.1, -0.05) is 22.0 Å². The summed E-state index contributed by atoms with van der Waals surface area (Å²) in [5.41, 5.74) is 1.52. The Bertz CT molecular complexity index is 977. The highest BCUT2D eigenvalue weighted by Crippen LogP contribution is 2.24. The van der Waals surface area contributed by atoms with E-state index in [1.807, 2.05) is 19.9 Å². The quantitative estimate of drug-likeness (QED) is 0.601. The monoisotopic (exact) mass is 505 g/mol. The number of thiocarbonyl (C=S) groups is 1. The van der Waals surface area contributed by atoms with Gasteiger partial charge in [0.15, 0.2) is 5.11 Å². The van der Waals surface area contributed by atoms with Gasteiger partial charge in [0.05, 0.1) is 24.9 Å². The van der Waals surface area contributed by atoms with Crippen LogP contribution < -0.4 is 15.4 Å². The minimum atomic E-state index is -0.394. The molecule has 0 aliphatic carbocycles. The number of nitrogens with one attached hydrogen (secondary N) is 2. The second-order valence-corrected chi connectivity index (χ2v) is 8.52. The molecule has 2 amide bonds. The van der Waals surface area contributed by atoms with Crippen molar-refractivity contribution >= 4 is 50.8 Å². The zero-order chi connectivity index (χ0) is 22.4.